The van der Waals surface area contributed by atoms with E-state index in [1.165, 1.54) is 0 Å². The maximum absolute atomic E-state index is 11.5. The molecule has 0 unspecified atom stereocenters. The van der Waals surface area contributed by atoms with Gasteiger partial charge in [0, 0.05) is 5.56 Å². The SMILES string of the molecule is CC(=N/O)/C(C)=N\NC(=O)c1ccccc1. The Morgan fingerprint density at radius 3 is 2.38 bits per heavy atom. The number of amides is 1. The fourth-order valence-electron chi connectivity index (χ4n) is 0.942. The molecule has 0 saturated carbocycles. The number of hydrogen-bond donors (Lipinski definition) is 2. The molecule has 0 aromatic heterocycles. The second-order valence-corrected chi connectivity index (χ2v) is 3.19. The highest BCUT2D eigenvalue weighted by molar-refractivity contribution is 6.40. The summed E-state index contributed by atoms with van der Waals surface area (Å²) in [5.41, 5.74) is 3.70. The minimum absolute atomic E-state index is 0.300. The molecule has 0 aliphatic rings. The summed E-state index contributed by atoms with van der Waals surface area (Å²) >= 11 is 0. The fraction of sp³-hybridized carbons (Fsp3) is 0.182. The molecule has 5 heteroatoms. The van der Waals surface area contributed by atoms with Gasteiger partial charge in [-0.3, -0.25) is 4.79 Å². The van der Waals surface area contributed by atoms with Crippen LogP contribution < -0.4 is 5.43 Å². The Kier molecular flexibility index (Phi) is 4.20. The lowest BCUT2D eigenvalue weighted by Crippen LogP contribution is -2.21. The van der Waals surface area contributed by atoms with Crippen LogP contribution in [-0.2, 0) is 0 Å². The van der Waals surface area contributed by atoms with Crippen LogP contribution in [0.15, 0.2) is 40.6 Å². The van der Waals surface area contributed by atoms with Gasteiger partial charge in [0.05, 0.1) is 11.4 Å². The molecule has 0 saturated heterocycles. The summed E-state index contributed by atoms with van der Waals surface area (Å²) in [4.78, 5) is 11.5. The van der Waals surface area contributed by atoms with Crippen molar-refractivity contribution in [3.8, 4) is 0 Å². The fourth-order valence-corrected chi connectivity index (χ4v) is 0.942. The van der Waals surface area contributed by atoms with Crippen LogP contribution >= 0.6 is 0 Å². The average Bonchev–Trinajstić information content (AvgIpc) is 2.35. The highest BCUT2D eigenvalue weighted by Gasteiger charge is 2.03. The summed E-state index contributed by atoms with van der Waals surface area (Å²) in [6.45, 7) is 3.23. The molecule has 84 valence electrons. The van der Waals surface area contributed by atoms with Crippen molar-refractivity contribution in [3.05, 3.63) is 35.9 Å². The van der Waals surface area contributed by atoms with Crippen molar-refractivity contribution in [2.45, 2.75) is 13.8 Å². The molecule has 0 bridgehead atoms. The molecule has 1 rings (SSSR count). The zero-order valence-corrected chi connectivity index (χ0v) is 9.14. The molecule has 0 aliphatic carbocycles. The van der Waals surface area contributed by atoms with Gasteiger partial charge < -0.3 is 5.21 Å². The summed E-state index contributed by atoms with van der Waals surface area (Å²) in [6, 6.07) is 8.74. The number of nitrogens with one attached hydrogen (secondary N) is 1. The Labute approximate surface area is 93.5 Å². The summed E-state index contributed by atoms with van der Waals surface area (Å²) in [7, 11) is 0. The number of rotatable bonds is 3. The maximum atomic E-state index is 11.5. The highest BCUT2D eigenvalue weighted by Crippen LogP contribution is 1.97. The number of carbonyl (C=O) groups excluding carboxylic acids is 1. The smallest absolute Gasteiger partial charge is 0.271 e. The van der Waals surface area contributed by atoms with E-state index in [9.17, 15) is 4.79 Å². The molecule has 1 aromatic rings. The number of benzene rings is 1. The quantitative estimate of drug-likeness (QED) is 0.460. The number of hydrazone groups is 1. The molecular weight excluding hydrogens is 206 g/mol. The van der Waals surface area contributed by atoms with E-state index in [0.29, 0.717) is 17.0 Å². The van der Waals surface area contributed by atoms with Crippen molar-refractivity contribution in [1.82, 2.24) is 5.43 Å². The zero-order valence-electron chi connectivity index (χ0n) is 9.14. The number of hydrogen-bond acceptors (Lipinski definition) is 4. The Hall–Kier alpha value is -2.17. The Balaban J connectivity index is 2.67. The van der Waals surface area contributed by atoms with Gasteiger partial charge in [0.15, 0.2) is 0 Å². The summed E-state index contributed by atoms with van der Waals surface area (Å²) in [6.07, 6.45) is 0. The summed E-state index contributed by atoms with van der Waals surface area (Å²) in [5, 5.41) is 15.3. The van der Waals surface area contributed by atoms with Crippen LogP contribution in [0.25, 0.3) is 0 Å². The molecular formula is C11H13N3O2. The molecule has 5 nitrogen and oxygen atoms in total. The number of carbonyl (C=O) groups is 1. The van der Waals surface area contributed by atoms with Crippen molar-refractivity contribution in [3.63, 3.8) is 0 Å². The molecule has 1 amide bonds. The predicted molar refractivity (Wildman–Crippen MR) is 61.9 cm³/mol. The van der Waals surface area contributed by atoms with Crippen LogP contribution in [0.1, 0.15) is 24.2 Å². The third-order valence-electron chi connectivity index (χ3n) is 2.03. The second-order valence-electron chi connectivity index (χ2n) is 3.19. The van der Waals surface area contributed by atoms with Crippen molar-refractivity contribution >= 4 is 17.3 Å². The van der Waals surface area contributed by atoms with Crippen LogP contribution in [0.4, 0.5) is 0 Å². The van der Waals surface area contributed by atoms with E-state index in [1.54, 1.807) is 38.1 Å². The number of nitrogens with zero attached hydrogens (tertiary/aromatic N) is 2. The van der Waals surface area contributed by atoms with Gasteiger partial charge in [-0.2, -0.15) is 5.10 Å². The van der Waals surface area contributed by atoms with Crippen LogP contribution in [0, 0.1) is 0 Å². The van der Waals surface area contributed by atoms with Gasteiger partial charge in [-0.1, -0.05) is 23.4 Å². The largest absolute Gasteiger partial charge is 0.411 e. The molecule has 0 spiro atoms. The molecule has 16 heavy (non-hydrogen) atoms. The standard InChI is InChI=1S/C11H13N3O2/c1-8(9(2)14-16)12-13-11(15)10-6-4-3-5-7-10/h3-7,16H,1-2H3,(H,13,15)/b12-8-,14-9-. The second kappa shape index (κ2) is 5.65. The minimum atomic E-state index is -0.300. The van der Waals surface area contributed by atoms with E-state index in [1.807, 2.05) is 6.07 Å². The average molecular weight is 219 g/mol. The van der Waals surface area contributed by atoms with Crippen LogP contribution in [0.2, 0.25) is 0 Å². The van der Waals surface area contributed by atoms with Crippen molar-refractivity contribution in [2.24, 2.45) is 10.3 Å². The predicted octanol–water partition coefficient (Wildman–Crippen LogP) is 1.64. The summed E-state index contributed by atoms with van der Waals surface area (Å²) in [5.74, 6) is -0.300. The van der Waals surface area contributed by atoms with Crippen LogP contribution in [-0.4, -0.2) is 22.5 Å². The lowest BCUT2D eigenvalue weighted by molar-refractivity contribution is 0.0955. The van der Waals surface area contributed by atoms with Crippen LogP contribution in [0.5, 0.6) is 0 Å². The van der Waals surface area contributed by atoms with Gasteiger partial charge in [-0.15, -0.1) is 0 Å². The van der Waals surface area contributed by atoms with Gasteiger partial charge in [0.1, 0.15) is 0 Å². The normalized spacial score (nSPS) is 12.4. The zero-order chi connectivity index (χ0) is 12.0. The van der Waals surface area contributed by atoms with E-state index < -0.39 is 0 Å². The molecule has 0 heterocycles. The molecule has 0 aliphatic heterocycles. The number of oxime groups is 1. The Bertz CT molecular complexity index is 424. The van der Waals surface area contributed by atoms with E-state index in [4.69, 9.17) is 5.21 Å². The monoisotopic (exact) mass is 219 g/mol. The van der Waals surface area contributed by atoms with E-state index in [0.717, 1.165) is 0 Å². The van der Waals surface area contributed by atoms with Gasteiger partial charge in [-0.05, 0) is 26.0 Å². The first-order chi connectivity index (χ1) is 7.65. The van der Waals surface area contributed by atoms with Gasteiger partial charge >= 0.3 is 0 Å². The molecule has 1 aromatic carbocycles. The van der Waals surface area contributed by atoms with Gasteiger partial charge in [-0.25, -0.2) is 5.43 Å². The highest BCUT2D eigenvalue weighted by atomic mass is 16.4. The van der Waals surface area contributed by atoms with Gasteiger partial charge in [0.2, 0.25) is 0 Å². The maximum Gasteiger partial charge on any atom is 0.271 e. The minimum Gasteiger partial charge on any atom is -0.411 e. The lowest BCUT2D eigenvalue weighted by atomic mass is 10.2. The first-order valence-corrected chi connectivity index (χ1v) is 4.74. The Morgan fingerprint density at radius 1 is 1.19 bits per heavy atom. The van der Waals surface area contributed by atoms with Crippen LogP contribution in [0.3, 0.4) is 0 Å². The first-order valence-electron chi connectivity index (χ1n) is 4.74. The molecule has 0 atom stereocenters. The topological polar surface area (TPSA) is 74.1 Å². The van der Waals surface area contributed by atoms with Crippen molar-refractivity contribution in [2.75, 3.05) is 0 Å². The first kappa shape index (κ1) is 11.9. The third-order valence-corrected chi connectivity index (χ3v) is 2.03. The lowest BCUT2D eigenvalue weighted by Gasteiger charge is -2.01. The Morgan fingerprint density at radius 2 is 1.81 bits per heavy atom. The van der Waals surface area contributed by atoms with Crippen molar-refractivity contribution < 1.29 is 10.0 Å². The van der Waals surface area contributed by atoms with E-state index in [-0.39, 0.29) is 5.91 Å². The third kappa shape index (κ3) is 3.20. The summed E-state index contributed by atoms with van der Waals surface area (Å²) < 4.78 is 0. The van der Waals surface area contributed by atoms with E-state index in [2.05, 4.69) is 15.7 Å². The van der Waals surface area contributed by atoms with E-state index >= 15 is 0 Å². The molecule has 0 radical (unpaired) electrons. The molecule has 2 N–H and O–H groups in total. The van der Waals surface area contributed by atoms with Gasteiger partial charge in [0.25, 0.3) is 5.91 Å². The van der Waals surface area contributed by atoms with Crippen molar-refractivity contribution in [1.29, 1.82) is 0 Å². The molecule has 0 fully saturated rings.